The van der Waals surface area contributed by atoms with Gasteiger partial charge in [0.15, 0.2) is 4.77 Å². The molecule has 0 radical (unpaired) electrons. The number of aromatic amines is 1. The molecule has 0 spiro atoms. The summed E-state index contributed by atoms with van der Waals surface area (Å²) in [4.78, 5) is 3.07. The number of imidazole rings is 1. The molecular weight excluding hydrogens is 247 g/mol. The van der Waals surface area contributed by atoms with Crippen LogP contribution < -0.4 is 0 Å². The monoisotopic (exact) mass is 256 g/mol. The Bertz CT molecular complexity index is 612. The topological polar surface area (TPSA) is 20.7 Å². The average Bonchev–Trinajstić information content (AvgIpc) is 2.43. The van der Waals surface area contributed by atoms with E-state index in [1.54, 1.807) is 6.07 Å². The second kappa shape index (κ2) is 3.57. The van der Waals surface area contributed by atoms with Crippen LogP contribution in [0.5, 0.6) is 0 Å². The molecule has 1 aliphatic carbocycles. The first kappa shape index (κ1) is 10.3. The van der Waals surface area contributed by atoms with Gasteiger partial charge in [-0.15, -0.1) is 0 Å². The standard InChI is InChI=1S/C11H10ClFN2S/c12-7-4-9-10(5-8(7)13)15(11(16)14-9)6-2-1-3-6/h4-6H,1-3H2,(H,14,16). The van der Waals surface area contributed by atoms with Gasteiger partial charge in [0.2, 0.25) is 0 Å². The smallest absolute Gasteiger partial charge is 0.178 e. The number of aromatic nitrogens is 2. The molecule has 3 rings (SSSR count). The van der Waals surface area contributed by atoms with E-state index in [1.807, 2.05) is 4.57 Å². The van der Waals surface area contributed by atoms with Gasteiger partial charge in [0.25, 0.3) is 0 Å². The molecule has 0 unspecified atom stereocenters. The molecule has 0 aliphatic heterocycles. The van der Waals surface area contributed by atoms with E-state index in [4.69, 9.17) is 23.8 Å². The number of hydrogen-bond acceptors (Lipinski definition) is 1. The minimum atomic E-state index is -0.392. The quantitative estimate of drug-likeness (QED) is 0.758. The Kier molecular flexibility index (Phi) is 2.30. The second-order valence-electron chi connectivity index (χ2n) is 4.17. The van der Waals surface area contributed by atoms with Crippen molar-refractivity contribution in [1.82, 2.24) is 9.55 Å². The first-order valence-corrected chi connectivity index (χ1v) is 6.04. The Morgan fingerprint density at radius 3 is 2.81 bits per heavy atom. The maximum Gasteiger partial charge on any atom is 0.178 e. The van der Waals surface area contributed by atoms with Crippen LogP contribution in [0.15, 0.2) is 12.1 Å². The lowest BCUT2D eigenvalue weighted by Crippen LogP contribution is -2.16. The van der Waals surface area contributed by atoms with Crippen LogP contribution >= 0.6 is 23.8 Å². The molecule has 0 bridgehead atoms. The number of hydrogen-bond donors (Lipinski definition) is 1. The third-order valence-electron chi connectivity index (χ3n) is 3.20. The highest BCUT2D eigenvalue weighted by Gasteiger charge is 2.22. The highest BCUT2D eigenvalue weighted by atomic mass is 35.5. The molecule has 1 N–H and O–H groups in total. The molecule has 1 aromatic heterocycles. The minimum absolute atomic E-state index is 0.129. The molecule has 2 nitrogen and oxygen atoms in total. The Balaban J connectivity index is 2.30. The van der Waals surface area contributed by atoms with E-state index in [0.717, 1.165) is 23.9 Å². The molecule has 0 saturated heterocycles. The van der Waals surface area contributed by atoms with Crippen molar-refractivity contribution in [3.05, 3.63) is 27.7 Å². The van der Waals surface area contributed by atoms with Crippen LogP contribution in [0.2, 0.25) is 5.02 Å². The van der Waals surface area contributed by atoms with E-state index in [2.05, 4.69) is 4.98 Å². The van der Waals surface area contributed by atoms with Gasteiger partial charge in [0, 0.05) is 12.1 Å². The van der Waals surface area contributed by atoms with Crippen molar-refractivity contribution in [3.63, 3.8) is 0 Å². The fraction of sp³-hybridized carbons (Fsp3) is 0.364. The minimum Gasteiger partial charge on any atom is -0.331 e. The maximum atomic E-state index is 13.4. The van der Waals surface area contributed by atoms with Gasteiger partial charge >= 0.3 is 0 Å². The first-order valence-electron chi connectivity index (χ1n) is 5.26. The summed E-state index contributed by atoms with van der Waals surface area (Å²) >= 11 is 11.0. The van der Waals surface area contributed by atoms with Crippen molar-refractivity contribution in [1.29, 1.82) is 0 Å². The van der Waals surface area contributed by atoms with Crippen LogP contribution in [0.1, 0.15) is 25.3 Å². The van der Waals surface area contributed by atoms with Crippen LogP contribution in [0.25, 0.3) is 11.0 Å². The van der Waals surface area contributed by atoms with Crippen molar-refractivity contribution in [2.45, 2.75) is 25.3 Å². The molecule has 2 aromatic rings. The summed E-state index contributed by atoms with van der Waals surface area (Å²) in [6, 6.07) is 3.47. The number of nitrogens with one attached hydrogen (secondary N) is 1. The van der Waals surface area contributed by atoms with Crippen LogP contribution in [-0.4, -0.2) is 9.55 Å². The van der Waals surface area contributed by atoms with E-state index < -0.39 is 5.82 Å². The fourth-order valence-corrected chi connectivity index (χ4v) is 2.65. The van der Waals surface area contributed by atoms with E-state index in [9.17, 15) is 4.39 Å². The normalized spacial score (nSPS) is 16.6. The van der Waals surface area contributed by atoms with Crippen LogP contribution in [0.3, 0.4) is 0 Å². The number of H-pyrrole nitrogens is 1. The number of nitrogens with zero attached hydrogens (tertiary/aromatic N) is 1. The third-order valence-corrected chi connectivity index (χ3v) is 3.79. The molecule has 1 heterocycles. The fourth-order valence-electron chi connectivity index (χ4n) is 2.13. The zero-order valence-electron chi connectivity index (χ0n) is 8.46. The lowest BCUT2D eigenvalue weighted by molar-refractivity contribution is 0.317. The van der Waals surface area contributed by atoms with Gasteiger partial charge in [-0.25, -0.2) is 4.39 Å². The van der Waals surface area contributed by atoms with Gasteiger partial charge < -0.3 is 9.55 Å². The summed E-state index contributed by atoms with van der Waals surface area (Å²) in [5.74, 6) is -0.392. The highest BCUT2D eigenvalue weighted by molar-refractivity contribution is 7.71. The summed E-state index contributed by atoms with van der Waals surface area (Å²) in [7, 11) is 0. The van der Waals surface area contributed by atoms with Crippen molar-refractivity contribution in [3.8, 4) is 0 Å². The van der Waals surface area contributed by atoms with Gasteiger partial charge in [-0.2, -0.15) is 0 Å². The Morgan fingerprint density at radius 2 is 2.19 bits per heavy atom. The average molecular weight is 257 g/mol. The van der Waals surface area contributed by atoms with Crippen molar-refractivity contribution < 1.29 is 4.39 Å². The van der Waals surface area contributed by atoms with Crippen molar-refractivity contribution >= 4 is 34.9 Å². The molecule has 1 aromatic carbocycles. The van der Waals surface area contributed by atoms with Gasteiger partial charge in [-0.3, -0.25) is 0 Å². The van der Waals surface area contributed by atoms with E-state index in [-0.39, 0.29) is 5.02 Å². The molecule has 0 atom stereocenters. The van der Waals surface area contributed by atoms with Crippen molar-refractivity contribution in [2.75, 3.05) is 0 Å². The summed E-state index contributed by atoms with van der Waals surface area (Å²) in [5.41, 5.74) is 1.62. The predicted molar refractivity (Wildman–Crippen MR) is 65.0 cm³/mol. The number of rotatable bonds is 1. The number of benzene rings is 1. The van der Waals surface area contributed by atoms with E-state index in [0.29, 0.717) is 10.8 Å². The first-order chi connectivity index (χ1) is 7.66. The van der Waals surface area contributed by atoms with E-state index in [1.165, 1.54) is 12.5 Å². The molecule has 84 valence electrons. The van der Waals surface area contributed by atoms with Crippen molar-refractivity contribution in [2.24, 2.45) is 0 Å². The molecule has 0 amide bonds. The second-order valence-corrected chi connectivity index (χ2v) is 4.96. The van der Waals surface area contributed by atoms with Gasteiger partial charge in [-0.1, -0.05) is 11.6 Å². The Labute approximate surface area is 102 Å². The molecule has 16 heavy (non-hydrogen) atoms. The molecule has 5 heteroatoms. The maximum absolute atomic E-state index is 13.4. The molecule has 1 fully saturated rings. The molecular formula is C11H10ClFN2S. The SMILES string of the molecule is Fc1cc2c(cc1Cl)[nH]c(=S)n2C1CCC1. The highest BCUT2D eigenvalue weighted by Crippen LogP contribution is 2.35. The number of halogens is 2. The molecule has 1 saturated carbocycles. The largest absolute Gasteiger partial charge is 0.331 e. The van der Waals surface area contributed by atoms with Gasteiger partial charge in [0.05, 0.1) is 16.1 Å². The Hall–Kier alpha value is -0.870. The lowest BCUT2D eigenvalue weighted by Gasteiger charge is -2.27. The summed E-state index contributed by atoms with van der Waals surface area (Å²) in [6.07, 6.45) is 3.45. The predicted octanol–water partition coefficient (Wildman–Crippen LogP) is 4.22. The zero-order valence-corrected chi connectivity index (χ0v) is 10.0. The van der Waals surface area contributed by atoms with Crippen LogP contribution in [-0.2, 0) is 0 Å². The van der Waals surface area contributed by atoms with E-state index >= 15 is 0 Å². The lowest BCUT2D eigenvalue weighted by atomic mass is 9.93. The molecule has 1 aliphatic rings. The van der Waals surface area contributed by atoms with Gasteiger partial charge in [0.1, 0.15) is 5.82 Å². The zero-order chi connectivity index (χ0) is 11.3. The summed E-state index contributed by atoms with van der Waals surface area (Å²) < 4.78 is 16.1. The van der Waals surface area contributed by atoms with Crippen LogP contribution in [0.4, 0.5) is 4.39 Å². The summed E-state index contributed by atoms with van der Waals surface area (Å²) in [5, 5.41) is 0.129. The third kappa shape index (κ3) is 1.40. The Morgan fingerprint density at radius 1 is 1.44 bits per heavy atom. The van der Waals surface area contributed by atoms with Gasteiger partial charge in [-0.05, 0) is 37.5 Å². The van der Waals surface area contributed by atoms with Crippen LogP contribution in [0, 0.1) is 10.6 Å². The summed E-state index contributed by atoms with van der Waals surface area (Å²) in [6.45, 7) is 0. The number of fused-ring (bicyclic) bond motifs is 1.